The van der Waals surface area contributed by atoms with Crippen molar-refractivity contribution >= 4 is 0 Å². The van der Waals surface area contributed by atoms with Crippen LogP contribution in [-0.4, -0.2) is 21.9 Å². The molecule has 0 saturated carbocycles. The van der Waals surface area contributed by atoms with Gasteiger partial charge >= 0.3 is 0 Å². The first-order valence-electron chi connectivity index (χ1n) is 6.25. The molecule has 0 aliphatic carbocycles. The van der Waals surface area contributed by atoms with Gasteiger partial charge in [-0.25, -0.2) is 4.98 Å². The average Bonchev–Trinajstić information content (AvgIpc) is 2.93. The van der Waals surface area contributed by atoms with Crippen molar-refractivity contribution in [1.82, 2.24) is 20.2 Å². The van der Waals surface area contributed by atoms with Gasteiger partial charge in [-0.05, 0) is 25.0 Å². The second-order valence-corrected chi connectivity index (χ2v) is 4.20. The second kappa shape index (κ2) is 6.31. The molecule has 1 atom stereocenters. The standard InChI is InChI=1S/C13H19N5O/c1-3-18-12(6-7-16-18)11(17-14)8-10-4-5-13(19-2)15-9-10/h4-7,9,11,17H,3,8,14H2,1-2H3. The zero-order valence-electron chi connectivity index (χ0n) is 11.2. The Morgan fingerprint density at radius 1 is 1.42 bits per heavy atom. The smallest absolute Gasteiger partial charge is 0.212 e. The van der Waals surface area contributed by atoms with Gasteiger partial charge in [0.15, 0.2) is 0 Å². The number of aryl methyl sites for hydroxylation is 1. The third kappa shape index (κ3) is 3.10. The molecule has 2 aromatic rings. The van der Waals surface area contributed by atoms with Gasteiger partial charge in [0.05, 0.1) is 18.8 Å². The summed E-state index contributed by atoms with van der Waals surface area (Å²) in [5, 5.41) is 4.26. The minimum Gasteiger partial charge on any atom is -0.481 e. The van der Waals surface area contributed by atoms with Crippen molar-refractivity contribution in [3.05, 3.63) is 41.9 Å². The predicted molar refractivity (Wildman–Crippen MR) is 72.5 cm³/mol. The van der Waals surface area contributed by atoms with E-state index in [4.69, 9.17) is 10.6 Å². The number of pyridine rings is 1. The van der Waals surface area contributed by atoms with Gasteiger partial charge in [0.25, 0.3) is 0 Å². The predicted octanol–water partition coefficient (Wildman–Crippen LogP) is 1.05. The monoisotopic (exact) mass is 261 g/mol. The first-order chi connectivity index (χ1) is 9.28. The molecule has 0 amide bonds. The fourth-order valence-corrected chi connectivity index (χ4v) is 2.04. The van der Waals surface area contributed by atoms with E-state index in [-0.39, 0.29) is 6.04 Å². The molecule has 6 nitrogen and oxygen atoms in total. The van der Waals surface area contributed by atoms with Crippen LogP contribution in [0.15, 0.2) is 30.6 Å². The van der Waals surface area contributed by atoms with Crippen molar-refractivity contribution in [2.24, 2.45) is 5.84 Å². The normalized spacial score (nSPS) is 12.4. The van der Waals surface area contributed by atoms with Crippen LogP contribution in [0.4, 0.5) is 0 Å². The SMILES string of the molecule is CCn1nccc1C(Cc1ccc(OC)nc1)NN. The van der Waals surface area contributed by atoms with Crippen LogP contribution in [0.2, 0.25) is 0 Å². The van der Waals surface area contributed by atoms with Crippen LogP contribution in [0.5, 0.6) is 5.88 Å². The van der Waals surface area contributed by atoms with Crippen LogP contribution in [0.25, 0.3) is 0 Å². The molecule has 2 heterocycles. The summed E-state index contributed by atoms with van der Waals surface area (Å²) in [4.78, 5) is 4.20. The maximum atomic E-state index is 5.66. The fourth-order valence-electron chi connectivity index (χ4n) is 2.04. The molecule has 0 radical (unpaired) electrons. The van der Waals surface area contributed by atoms with Gasteiger partial charge in [0.2, 0.25) is 5.88 Å². The molecule has 1 unspecified atom stereocenters. The average molecular weight is 261 g/mol. The molecule has 0 aromatic carbocycles. The molecule has 3 N–H and O–H groups in total. The number of hydrogen-bond donors (Lipinski definition) is 2. The van der Waals surface area contributed by atoms with Gasteiger partial charge in [-0.2, -0.15) is 5.10 Å². The molecule has 6 heteroatoms. The fraction of sp³-hybridized carbons (Fsp3) is 0.385. The summed E-state index contributed by atoms with van der Waals surface area (Å²) in [6.07, 6.45) is 4.34. The van der Waals surface area contributed by atoms with Gasteiger partial charge in [-0.15, -0.1) is 0 Å². The number of methoxy groups -OCH3 is 1. The summed E-state index contributed by atoms with van der Waals surface area (Å²) in [5.41, 5.74) is 5.00. The number of hydrogen-bond acceptors (Lipinski definition) is 5. The molecule has 19 heavy (non-hydrogen) atoms. The minimum absolute atomic E-state index is 0.0117. The second-order valence-electron chi connectivity index (χ2n) is 4.20. The summed E-state index contributed by atoms with van der Waals surface area (Å²) in [6.45, 7) is 2.88. The molecule has 0 bridgehead atoms. The highest BCUT2D eigenvalue weighted by molar-refractivity contribution is 5.20. The lowest BCUT2D eigenvalue weighted by atomic mass is 10.1. The highest BCUT2D eigenvalue weighted by Gasteiger charge is 2.15. The van der Waals surface area contributed by atoms with E-state index in [1.807, 2.05) is 22.9 Å². The Labute approximate surface area is 112 Å². The van der Waals surface area contributed by atoms with Gasteiger partial charge in [0, 0.05) is 25.0 Å². The van der Waals surface area contributed by atoms with Crippen molar-refractivity contribution in [2.75, 3.05) is 7.11 Å². The van der Waals surface area contributed by atoms with E-state index >= 15 is 0 Å². The van der Waals surface area contributed by atoms with Crippen molar-refractivity contribution in [2.45, 2.75) is 25.9 Å². The van der Waals surface area contributed by atoms with E-state index in [9.17, 15) is 0 Å². The zero-order valence-corrected chi connectivity index (χ0v) is 11.2. The summed E-state index contributed by atoms with van der Waals surface area (Å²) in [7, 11) is 1.60. The highest BCUT2D eigenvalue weighted by Crippen LogP contribution is 2.18. The van der Waals surface area contributed by atoms with E-state index < -0.39 is 0 Å². The Balaban J connectivity index is 2.14. The third-order valence-electron chi connectivity index (χ3n) is 3.05. The van der Waals surface area contributed by atoms with Gasteiger partial charge < -0.3 is 4.74 Å². The van der Waals surface area contributed by atoms with Crippen molar-refractivity contribution in [3.8, 4) is 5.88 Å². The number of nitrogens with two attached hydrogens (primary N) is 1. The van der Waals surface area contributed by atoms with E-state index in [0.29, 0.717) is 5.88 Å². The van der Waals surface area contributed by atoms with Gasteiger partial charge in [-0.1, -0.05) is 6.07 Å². The van der Waals surface area contributed by atoms with E-state index in [2.05, 4.69) is 22.4 Å². The number of nitrogens with zero attached hydrogens (tertiary/aromatic N) is 3. The molecule has 0 saturated heterocycles. The largest absolute Gasteiger partial charge is 0.481 e. The first-order valence-corrected chi connectivity index (χ1v) is 6.25. The van der Waals surface area contributed by atoms with E-state index in [1.54, 1.807) is 19.5 Å². The Bertz CT molecular complexity index is 508. The lowest BCUT2D eigenvalue weighted by Gasteiger charge is -2.17. The van der Waals surface area contributed by atoms with Crippen molar-refractivity contribution < 1.29 is 4.74 Å². The lowest BCUT2D eigenvalue weighted by Crippen LogP contribution is -2.31. The van der Waals surface area contributed by atoms with Crippen LogP contribution in [0.3, 0.4) is 0 Å². The molecule has 0 aliphatic rings. The zero-order chi connectivity index (χ0) is 13.7. The number of ether oxygens (including phenoxy) is 1. The summed E-state index contributed by atoms with van der Waals surface area (Å²) < 4.78 is 6.98. The molecule has 0 fully saturated rings. The van der Waals surface area contributed by atoms with Gasteiger partial charge in [0.1, 0.15) is 0 Å². The number of hydrazine groups is 1. The van der Waals surface area contributed by atoms with Crippen molar-refractivity contribution in [3.63, 3.8) is 0 Å². The van der Waals surface area contributed by atoms with Crippen LogP contribution in [0.1, 0.15) is 24.2 Å². The van der Waals surface area contributed by atoms with Crippen LogP contribution >= 0.6 is 0 Å². The van der Waals surface area contributed by atoms with Crippen LogP contribution in [0, 0.1) is 0 Å². The first kappa shape index (κ1) is 13.5. The minimum atomic E-state index is 0.0117. The quantitative estimate of drug-likeness (QED) is 0.600. The van der Waals surface area contributed by atoms with Gasteiger partial charge in [-0.3, -0.25) is 16.0 Å². The number of aromatic nitrogens is 3. The summed E-state index contributed by atoms with van der Waals surface area (Å²) in [5.74, 6) is 6.27. The Hall–Kier alpha value is -1.92. The topological polar surface area (TPSA) is 78.0 Å². The molecule has 0 spiro atoms. The van der Waals surface area contributed by atoms with E-state index in [1.165, 1.54) is 0 Å². The summed E-state index contributed by atoms with van der Waals surface area (Å²) in [6, 6.07) is 5.83. The molecule has 2 rings (SSSR count). The van der Waals surface area contributed by atoms with Crippen LogP contribution in [-0.2, 0) is 13.0 Å². The Morgan fingerprint density at radius 2 is 2.26 bits per heavy atom. The highest BCUT2D eigenvalue weighted by atomic mass is 16.5. The third-order valence-corrected chi connectivity index (χ3v) is 3.05. The Morgan fingerprint density at radius 3 is 2.84 bits per heavy atom. The molecular weight excluding hydrogens is 242 g/mol. The van der Waals surface area contributed by atoms with E-state index in [0.717, 1.165) is 24.2 Å². The number of rotatable bonds is 6. The number of nitrogens with one attached hydrogen (secondary N) is 1. The van der Waals surface area contributed by atoms with Crippen molar-refractivity contribution in [1.29, 1.82) is 0 Å². The molecule has 2 aromatic heterocycles. The molecule has 0 aliphatic heterocycles. The maximum absolute atomic E-state index is 5.66. The molecular formula is C13H19N5O. The van der Waals surface area contributed by atoms with Crippen LogP contribution < -0.4 is 16.0 Å². The summed E-state index contributed by atoms with van der Waals surface area (Å²) >= 11 is 0. The maximum Gasteiger partial charge on any atom is 0.212 e. The lowest BCUT2D eigenvalue weighted by molar-refractivity contribution is 0.397. The Kier molecular flexibility index (Phi) is 4.48. The molecule has 102 valence electrons.